The van der Waals surface area contributed by atoms with Crippen LogP contribution in [0.1, 0.15) is 10.4 Å². The largest absolute Gasteiger partial charge is 0.461 e. The van der Waals surface area contributed by atoms with Gasteiger partial charge >= 0.3 is 12.1 Å². The molecule has 17 heavy (non-hydrogen) atoms. The summed E-state index contributed by atoms with van der Waals surface area (Å²) >= 11 is 0. The summed E-state index contributed by atoms with van der Waals surface area (Å²) < 4.78 is 86.3. The Hall–Kier alpha value is -1.60. The summed E-state index contributed by atoms with van der Waals surface area (Å²) in [5.74, 6) is -12.4. The third-order valence-corrected chi connectivity index (χ3v) is 1.83. The van der Waals surface area contributed by atoms with E-state index in [9.17, 15) is 35.5 Å². The first-order valence-corrected chi connectivity index (χ1v) is 4.02. The Kier molecular flexibility index (Phi) is 3.17. The lowest BCUT2D eigenvalue weighted by atomic mass is 10.0. The first kappa shape index (κ1) is 13.5. The van der Waals surface area contributed by atoms with E-state index in [-0.39, 0.29) is 0 Å². The molecular formula is C9H3F7O. The molecular weight excluding hydrogens is 257 g/mol. The molecule has 0 N–H and O–H groups in total. The Labute approximate surface area is 89.8 Å². The SMILES string of the molecule is O=C(c1c(F)cccc1F)C(F)(F)C(F)(F)F. The fourth-order valence-corrected chi connectivity index (χ4v) is 1.00. The second-order valence-corrected chi connectivity index (χ2v) is 3.00. The van der Waals surface area contributed by atoms with Crippen molar-refractivity contribution < 1.29 is 35.5 Å². The smallest absolute Gasteiger partial charge is 0.287 e. The lowest BCUT2D eigenvalue weighted by Crippen LogP contribution is -2.44. The summed E-state index contributed by atoms with van der Waals surface area (Å²) in [7, 11) is 0. The van der Waals surface area contributed by atoms with Crippen LogP contribution < -0.4 is 0 Å². The molecule has 0 spiro atoms. The van der Waals surface area contributed by atoms with E-state index in [4.69, 9.17) is 0 Å². The average Bonchev–Trinajstić information content (AvgIpc) is 2.15. The van der Waals surface area contributed by atoms with Gasteiger partial charge in [0.25, 0.3) is 0 Å². The lowest BCUT2D eigenvalue weighted by molar-refractivity contribution is -0.255. The lowest BCUT2D eigenvalue weighted by Gasteiger charge is -2.18. The van der Waals surface area contributed by atoms with Crippen molar-refractivity contribution in [2.24, 2.45) is 0 Å². The molecule has 0 bridgehead atoms. The minimum absolute atomic E-state index is 0.406. The van der Waals surface area contributed by atoms with E-state index in [1.807, 2.05) is 0 Å². The highest BCUT2D eigenvalue weighted by Crippen LogP contribution is 2.38. The van der Waals surface area contributed by atoms with Crippen molar-refractivity contribution in [2.75, 3.05) is 0 Å². The summed E-state index contributed by atoms with van der Waals surface area (Å²) in [6, 6.07) is 1.54. The third-order valence-electron chi connectivity index (χ3n) is 1.83. The molecule has 94 valence electrons. The number of hydrogen-bond acceptors (Lipinski definition) is 1. The zero-order valence-electron chi connectivity index (χ0n) is 7.79. The summed E-state index contributed by atoms with van der Waals surface area (Å²) in [6.45, 7) is 0. The molecule has 0 amide bonds. The first-order chi connectivity index (χ1) is 7.59. The molecule has 8 heteroatoms. The van der Waals surface area contributed by atoms with Crippen molar-refractivity contribution in [2.45, 2.75) is 12.1 Å². The molecule has 1 aromatic carbocycles. The van der Waals surface area contributed by atoms with Gasteiger partial charge in [-0.15, -0.1) is 0 Å². The number of alkyl halides is 5. The summed E-state index contributed by atoms with van der Waals surface area (Å²) in [4.78, 5) is 10.8. The molecule has 1 rings (SSSR count). The zero-order chi connectivity index (χ0) is 13.4. The molecule has 0 fully saturated rings. The van der Waals surface area contributed by atoms with Crippen LogP contribution in [0.5, 0.6) is 0 Å². The minimum atomic E-state index is -6.21. The van der Waals surface area contributed by atoms with Gasteiger partial charge in [-0.25, -0.2) is 8.78 Å². The second kappa shape index (κ2) is 4.01. The standard InChI is InChI=1S/C9H3F7O/c10-4-2-1-3-5(11)6(4)7(17)8(12,13)9(14,15)16/h1-3H. The number of Topliss-reactive ketones (excluding diaryl/α,β-unsaturated/α-hetero) is 1. The fraction of sp³-hybridized carbons (Fsp3) is 0.222. The predicted octanol–water partition coefficient (Wildman–Crippen LogP) is 3.35. The maximum Gasteiger partial charge on any atom is 0.461 e. The van der Waals surface area contributed by atoms with Crippen molar-refractivity contribution >= 4 is 5.78 Å². The van der Waals surface area contributed by atoms with E-state index in [2.05, 4.69) is 0 Å². The van der Waals surface area contributed by atoms with Crippen LogP contribution in [-0.4, -0.2) is 17.9 Å². The van der Waals surface area contributed by atoms with Crippen molar-refractivity contribution in [3.63, 3.8) is 0 Å². The van der Waals surface area contributed by atoms with Crippen molar-refractivity contribution in [3.05, 3.63) is 35.4 Å². The Morgan fingerprint density at radius 3 is 1.71 bits per heavy atom. The van der Waals surface area contributed by atoms with Gasteiger partial charge in [-0.3, -0.25) is 4.79 Å². The topological polar surface area (TPSA) is 17.1 Å². The number of halogens is 7. The van der Waals surface area contributed by atoms with Gasteiger partial charge < -0.3 is 0 Å². The molecule has 1 aromatic rings. The van der Waals surface area contributed by atoms with E-state index in [0.29, 0.717) is 12.1 Å². The molecule has 0 heterocycles. The number of hydrogen-bond donors (Lipinski definition) is 0. The number of carbonyl (C=O) groups excluding carboxylic acids is 1. The van der Waals surface area contributed by atoms with Gasteiger partial charge in [0.05, 0.1) is 5.56 Å². The van der Waals surface area contributed by atoms with E-state index in [0.717, 1.165) is 6.07 Å². The quantitative estimate of drug-likeness (QED) is 0.588. The number of ketones is 1. The highest BCUT2D eigenvalue weighted by Gasteiger charge is 2.64. The summed E-state index contributed by atoms with van der Waals surface area (Å²) in [5, 5.41) is 0. The highest BCUT2D eigenvalue weighted by molar-refractivity contribution is 6.02. The van der Waals surface area contributed by atoms with E-state index in [1.165, 1.54) is 0 Å². The van der Waals surface area contributed by atoms with Gasteiger partial charge in [0, 0.05) is 0 Å². The predicted molar refractivity (Wildman–Crippen MR) is 41.7 cm³/mol. The van der Waals surface area contributed by atoms with E-state index in [1.54, 1.807) is 0 Å². The molecule has 0 aliphatic carbocycles. The van der Waals surface area contributed by atoms with Crippen LogP contribution in [-0.2, 0) is 0 Å². The molecule has 0 unspecified atom stereocenters. The normalized spacial score (nSPS) is 12.6. The van der Waals surface area contributed by atoms with Crippen LogP contribution >= 0.6 is 0 Å². The first-order valence-electron chi connectivity index (χ1n) is 4.02. The number of benzene rings is 1. The Balaban J connectivity index is 3.32. The average molecular weight is 260 g/mol. The van der Waals surface area contributed by atoms with Crippen LogP contribution in [0.3, 0.4) is 0 Å². The van der Waals surface area contributed by atoms with Crippen molar-refractivity contribution in [1.29, 1.82) is 0 Å². The summed E-state index contributed by atoms with van der Waals surface area (Å²) in [5.41, 5.74) is -1.91. The Morgan fingerprint density at radius 2 is 1.35 bits per heavy atom. The van der Waals surface area contributed by atoms with Crippen molar-refractivity contribution in [1.82, 2.24) is 0 Å². The van der Waals surface area contributed by atoms with Crippen LogP contribution in [0.25, 0.3) is 0 Å². The van der Waals surface area contributed by atoms with Crippen LogP contribution in [0.2, 0.25) is 0 Å². The maximum atomic E-state index is 12.9. The highest BCUT2D eigenvalue weighted by atomic mass is 19.4. The van der Waals surface area contributed by atoms with Gasteiger partial charge in [-0.2, -0.15) is 22.0 Å². The van der Waals surface area contributed by atoms with Gasteiger partial charge in [0.2, 0.25) is 5.78 Å². The van der Waals surface area contributed by atoms with Crippen LogP contribution in [0, 0.1) is 11.6 Å². The molecule has 0 aliphatic rings. The van der Waals surface area contributed by atoms with Crippen LogP contribution in [0.15, 0.2) is 18.2 Å². The molecule has 0 aromatic heterocycles. The molecule has 0 saturated heterocycles. The Morgan fingerprint density at radius 1 is 0.941 bits per heavy atom. The van der Waals surface area contributed by atoms with Gasteiger partial charge in [0.15, 0.2) is 0 Å². The van der Waals surface area contributed by atoms with E-state index < -0.39 is 35.1 Å². The number of carbonyl (C=O) groups is 1. The monoisotopic (exact) mass is 260 g/mol. The molecule has 0 atom stereocenters. The molecule has 0 radical (unpaired) electrons. The molecule has 0 aliphatic heterocycles. The Bertz CT molecular complexity index is 429. The zero-order valence-corrected chi connectivity index (χ0v) is 7.79. The van der Waals surface area contributed by atoms with E-state index >= 15 is 0 Å². The second-order valence-electron chi connectivity index (χ2n) is 3.00. The molecule has 0 saturated carbocycles. The fourth-order valence-electron chi connectivity index (χ4n) is 1.00. The van der Waals surface area contributed by atoms with Gasteiger partial charge in [-0.1, -0.05) is 6.07 Å². The number of rotatable bonds is 2. The third kappa shape index (κ3) is 2.25. The van der Waals surface area contributed by atoms with Crippen LogP contribution in [0.4, 0.5) is 30.7 Å². The maximum absolute atomic E-state index is 12.9. The van der Waals surface area contributed by atoms with Gasteiger partial charge in [0.1, 0.15) is 11.6 Å². The summed E-state index contributed by atoms with van der Waals surface area (Å²) in [6.07, 6.45) is -6.21. The molecule has 1 nitrogen and oxygen atoms in total. The van der Waals surface area contributed by atoms with Gasteiger partial charge in [-0.05, 0) is 12.1 Å². The van der Waals surface area contributed by atoms with Crippen molar-refractivity contribution in [3.8, 4) is 0 Å². The minimum Gasteiger partial charge on any atom is -0.287 e.